The van der Waals surface area contributed by atoms with E-state index in [9.17, 15) is 4.79 Å². The van der Waals surface area contributed by atoms with Gasteiger partial charge < -0.3 is 19.7 Å². The number of imidazole rings is 1. The van der Waals surface area contributed by atoms with Gasteiger partial charge in [0, 0.05) is 65.3 Å². The van der Waals surface area contributed by atoms with Crippen LogP contribution in [0.15, 0.2) is 47.7 Å². The normalized spacial score (nSPS) is 18.2. The van der Waals surface area contributed by atoms with Gasteiger partial charge in [0.2, 0.25) is 5.91 Å². The predicted octanol–water partition coefficient (Wildman–Crippen LogP) is 2.25. The minimum atomic E-state index is -0.0457. The fourth-order valence-corrected chi connectivity index (χ4v) is 4.60. The molecular formula is C24H36IN7O. The summed E-state index contributed by atoms with van der Waals surface area (Å²) < 4.78 is 2.17. The molecule has 2 aliphatic heterocycles. The molecule has 2 saturated heterocycles. The van der Waals surface area contributed by atoms with E-state index in [4.69, 9.17) is 0 Å². The number of aromatic nitrogens is 2. The second-order valence-electron chi connectivity index (χ2n) is 8.59. The Morgan fingerprint density at radius 2 is 1.76 bits per heavy atom. The highest BCUT2D eigenvalue weighted by Gasteiger charge is 2.30. The molecule has 2 aromatic rings. The maximum Gasteiger partial charge on any atom is 0.239 e. The van der Waals surface area contributed by atoms with E-state index < -0.39 is 0 Å². The molecule has 1 amide bonds. The highest BCUT2D eigenvalue weighted by Crippen LogP contribution is 2.14. The van der Waals surface area contributed by atoms with Crippen molar-refractivity contribution >= 4 is 35.8 Å². The van der Waals surface area contributed by atoms with Gasteiger partial charge in [-0.2, -0.15) is 0 Å². The van der Waals surface area contributed by atoms with E-state index >= 15 is 0 Å². The monoisotopic (exact) mass is 565 g/mol. The van der Waals surface area contributed by atoms with Crippen molar-refractivity contribution in [3.63, 3.8) is 0 Å². The number of nitrogens with one attached hydrogen (secondary N) is 1. The molecule has 0 aliphatic carbocycles. The van der Waals surface area contributed by atoms with Crippen molar-refractivity contribution in [1.82, 2.24) is 29.6 Å². The van der Waals surface area contributed by atoms with Crippen LogP contribution in [-0.2, 0) is 17.9 Å². The quantitative estimate of drug-likeness (QED) is 0.331. The predicted molar refractivity (Wildman–Crippen MR) is 142 cm³/mol. The van der Waals surface area contributed by atoms with Crippen molar-refractivity contribution < 1.29 is 4.79 Å². The minimum Gasteiger partial charge on any atom is -0.349 e. The minimum absolute atomic E-state index is 0. The highest BCUT2D eigenvalue weighted by molar-refractivity contribution is 14.0. The number of rotatable bonds is 6. The van der Waals surface area contributed by atoms with Gasteiger partial charge in [-0.25, -0.2) is 4.98 Å². The lowest BCUT2D eigenvalue weighted by molar-refractivity contribution is -0.135. The molecule has 0 bridgehead atoms. The van der Waals surface area contributed by atoms with Gasteiger partial charge in [0.05, 0.1) is 12.6 Å². The summed E-state index contributed by atoms with van der Waals surface area (Å²) in [6.45, 7) is 8.75. The van der Waals surface area contributed by atoms with Gasteiger partial charge in [-0.1, -0.05) is 30.3 Å². The van der Waals surface area contributed by atoms with Crippen LogP contribution < -0.4 is 5.32 Å². The summed E-state index contributed by atoms with van der Waals surface area (Å²) in [4.78, 5) is 28.4. The van der Waals surface area contributed by atoms with E-state index in [-0.39, 0.29) is 35.9 Å². The molecule has 0 saturated carbocycles. The number of halogens is 1. The Balaban J connectivity index is 0.00000306. The van der Waals surface area contributed by atoms with Gasteiger partial charge >= 0.3 is 0 Å². The number of carbonyl (C=O) groups excluding carboxylic acids is 1. The number of amides is 1. The number of likely N-dealkylation sites (tertiary alicyclic amines) is 1. The Kier molecular flexibility index (Phi) is 9.54. The van der Waals surface area contributed by atoms with Crippen LogP contribution in [0, 0.1) is 0 Å². The number of hydrogen-bond donors (Lipinski definition) is 1. The zero-order chi connectivity index (χ0) is 22.3. The standard InChI is InChI=1S/C24H35N7O.HI/c1-20(23(32)29-11-6-7-12-29)28-14-16-30(17-15-28)24(25-2)27-18-22-26-10-13-31(22)19-21-8-4-3-5-9-21;/h3-5,8-10,13,20H,6-7,11-12,14-19H2,1-2H3,(H,25,27);1H. The molecule has 0 spiro atoms. The summed E-state index contributed by atoms with van der Waals surface area (Å²) in [6, 6.07) is 10.4. The molecule has 1 aromatic heterocycles. The van der Waals surface area contributed by atoms with Crippen molar-refractivity contribution in [2.75, 3.05) is 46.3 Å². The summed E-state index contributed by atoms with van der Waals surface area (Å²) in [7, 11) is 1.82. The first-order valence-corrected chi connectivity index (χ1v) is 11.7. The molecule has 2 aliphatic rings. The van der Waals surface area contributed by atoms with E-state index in [0.29, 0.717) is 6.54 Å². The molecule has 180 valence electrons. The van der Waals surface area contributed by atoms with Crippen LogP contribution >= 0.6 is 24.0 Å². The maximum atomic E-state index is 12.7. The van der Waals surface area contributed by atoms with E-state index in [2.05, 4.69) is 60.8 Å². The summed E-state index contributed by atoms with van der Waals surface area (Å²) in [5.74, 6) is 2.15. The van der Waals surface area contributed by atoms with Crippen LogP contribution in [0.1, 0.15) is 31.2 Å². The number of piperazine rings is 1. The highest BCUT2D eigenvalue weighted by atomic mass is 127. The Morgan fingerprint density at radius 1 is 1.06 bits per heavy atom. The molecule has 1 unspecified atom stereocenters. The first-order valence-electron chi connectivity index (χ1n) is 11.7. The van der Waals surface area contributed by atoms with Gasteiger partial charge in [-0.05, 0) is 25.3 Å². The molecule has 9 heteroatoms. The Hall–Kier alpha value is -2.14. The first kappa shape index (κ1) is 25.5. The van der Waals surface area contributed by atoms with Crippen molar-refractivity contribution in [3.05, 3.63) is 54.1 Å². The summed E-state index contributed by atoms with van der Waals surface area (Å²) in [6.07, 6.45) is 6.14. The fraction of sp³-hybridized carbons (Fsp3) is 0.542. The number of benzene rings is 1. The molecule has 1 aromatic carbocycles. The summed E-state index contributed by atoms with van der Waals surface area (Å²) >= 11 is 0. The number of carbonyl (C=O) groups is 1. The SMILES string of the molecule is CN=C(NCc1nccn1Cc1ccccc1)N1CCN(C(C)C(=O)N2CCCC2)CC1.I. The topological polar surface area (TPSA) is 69.0 Å². The van der Waals surface area contributed by atoms with Crippen LogP contribution in [0.3, 0.4) is 0 Å². The van der Waals surface area contributed by atoms with Crippen molar-refractivity contribution in [2.45, 2.75) is 38.9 Å². The van der Waals surface area contributed by atoms with E-state index in [1.54, 1.807) is 0 Å². The Bertz CT molecular complexity index is 903. The molecule has 1 atom stereocenters. The Labute approximate surface area is 214 Å². The second kappa shape index (κ2) is 12.4. The third-order valence-electron chi connectivity index (χ3n) is 6.55. The average Bonchev–Trinajstić information content (AvgIpc) is 3.52. The van der Waals surface area contributed by atoms with Gasteiger partial charge in [-0.3, -0.25) is 14.7 Å². The molecule has 8 nitrogen and oxygen atoms in total. The molecule has 3 heterocycles. The third kappa shape index (κ3) is 6.47. The molecular weight excluding hydrogens is 529 g/mol. The van der Waals surface area contributed by atoms with Crippen molar-refractivity contribution in [3.8, 4) is 0 Å². The molecule has 4 rings (SSSR count). The van der Waals surface area contributed by atoms with Crippen molar-refractivity contribution in [1.29, 1.82) is 0 Å². The maximum absolute atomic E-state index is 12.7. The number of hydrogen-bond acceptors (Lipinski definition) is 4. The van der Waals surface area contributed by atoms with E-state index in [1.807, 2.05) is 30.4 Å². The zero-order valence-corrected chi connectivity index (χ0v) is 22.0. The van der Waals surface area contributed by atoms with Crippen LogP contribution in [0.25, 0.3) is 0 Å². The van der Waals surface area contributed by atoms with Gasteiger partial charge in [0.15, 0.2) is 5.96 Å². The largest absolute Gasteiger partial charge is 0.349 e. The molecule has 0 radical (unpaired) electrons. The van der Waals surface area contributed by atoms with Crippen LogP contribution in [0.5, 0.6) is 0 Å². The second-order valence-corrected chi connectivity index (χ2v) is 8.59. The van der Waals surface area contributed by atoms with Crippen molar-refractivity contribution in [2.24, 2.45) is 4.99 Å². The van der Waals surface area contributed by atoms with E-state index in [1.165, 1.54) is 5.56 Å². The lowest BCUT2D eigenvalue weighted by Gasteiger charge is -2.39. The van der Waals surface area contributed by atoms with Gasteiger partial charge in [0.25, 0.3) is 0 Å². The zero-order valence-electron chi connectivity index (χ0n) is 19.7. The molecule has 1 N–H and O–H groups in total. The number of nitrogens with zero attached hydrogens (tertiary/aromatic N) is 6. The molecule has 2 fully saturated rings. The van der Waals surface area contributed by atoms with Gasteiger partial charge in [-0.15, -0.1) is 24.0 Å². The lowest BCUT2D eigenvalue weighted by Crippen LogP contribution is -2.57. The molecule has 33 heavy (non-hydrogen) atoms. The van der Waals surface area contributed by atoms with Gasteiger partial charge in [0.1, 0.15) is 5.82 Å². The average molecular weight is 566 g/mol. The number of aliphatic imine (C=N–C) groups is 1. The third-order valence-corrected chi connectivity index (χ3v) is 6.55. The summed E-state index contributed by atoms with van der Waals surface area (Å²) in [5, 5.41) is 3.48. The van der Waals surface area contributed by atoms with Crippen LogP contribution in [0.2, 0.25) is 0 Å². The summed E-state index contributed by atoms with van der Waals surface area (Å²) in [5.41, 5.74) is 1.25. The van der Waals surface area contributed by atoms with Crippen LogP contribution in [0.4, 0.5) is 0 Å². The lowest BCUT2D eigenvalue weighted by atomic mass is 10.2. The van der Waals surface area contributed by atoms with Crippen LogP contribution in [-0.4, -0.2) is 88.5 Å². The fourth-order valence-electron chi connectivity index (χ4n) is 4.60. The first-order chi connectivity index (χ1) is 15.7. The Morgan fingerprint density at radius 3 is 2.42 bits per heavy atom. The van der Waals surface area contributed by atoms with E-state index in [0.717, 1.165) is 70.4 Å². The number of guanidine groups is 1. The smallest absolute Gasteiger partial charge is 0.239 e.